The molecule has 3 nitrogen and oxygen atoms in total. The molecule has 2 aromatic carbocycles. The fourth-order valence-electron chi connectivity index (χ4n) is 3.05. The normalized spacial score (nSPS) is 11.2. The van der Waals surface area contributed by atoms with Crippen LogP contribution in [0.2, 0.25) is 0 Å². The maximum Gasteiger partial charge on any atom is 0.0949 e. The van der Waals surface area contributed by atoms with Crippen LogP contribution in [0.25, 0.3) is 16.6 Å². The van der Waals surface area contributed by atoms with Gasteiger partial charge in [0.25, 0.3) is 0 Å². The Balaban J connectivity index is 1.93. The van der Waals surface area contributed by atoms with Gasteiger partial charge in [0.2, 0.25) is 0 Å². The van der Waals surface area contributed by atoms with Crippen molar-refractivity contribution in [2.45, 2.75) is 20.4 Å². The Morgan fingerprint density at radius 2 is 1.70 bits per heavy atom. The molecular formula is C20H19N3. The van der Waals surface area contributed by atoms with E-state index >= 15 is 0 Å². The SMILES string of the molecule is Cc1ccc(-n2c(Cn3ccnc3)cc3ccc(C)cc32)cc1. The van der Waals surface area contributed by atoms with Crippen molar-refractivity contribution in [1.82, 2.24) is 14.1 Å². The van der Waals surface area contributed by atoms with E-state index in [2.05, 4.69) is 76.5 Å². The average Bonchev–Trinajstić information content (AvgIpc) is 3.16. The molecule has 4 rings (SSSR count). The van der Waals surface area contributed by atoms with Crippen LogP contribution in [0.15, 0.2) is 67.3 Å². The molecule has 3 heteroatoms. The van der Waals surface area contributed by atoms with Crippen LogP contribution in [0.1, 0.15) is 16.8 Å². The zero-order chi connectivity index (χ0) is 15.8. The lowest BCUT2D eigenvalue weighted by atomic mass is 10.2. The molecule has 0 saturated heterocycles. The molecule has 0 aliphatic heterocycles. The fraction of sp³-hybridized carbons (Fsp3) is 0.150. The Kier molecular flexibility index (Phi) is 3.27. The molecule has 0 amide bonds. The highest BCUT2D eigenvalue weighted by atomic mass is 15.1. The number of benzene rings is 2. The van der Waals surface area contributed by atoms with E-state index < -0.39 is 0 Å². The number of nitrogens with zero attached hydrogens (tertiary/aromatic N) is 3. The van der Waals surface area contributed by atoms with Gasteiger partial charge in [-0.2, -0.15) is 0 Å². The van der Waals surface area contributed by atoms with Crippen LogP contribution in [0.3, 0.4) is 0 Å². The first-order valence-corrected chi connectivity index (χ1v) is 7.84. The highest BCUT2D eigenvalue weighted by molar-refractivity contribution is 5.84. The van der Waals surface area contributed by atoms with E-state index in [9.17, 15) is 0 Å². The number of aryl methyl sites for hydroxylation is 2. The molecule has 0 radical (unpaired) electrons. The third kappa shape index (κ3) is 2.55. The molecule has 0 saturated carbocycles. The molecule has 2 heterocycles. The van der Waals surface area contributed by atoms with Crippen LogP contribution >= 0.6 is 0 Å². The van der Waals surface area contributed by atoms with Crippen LogP contribution in [-0.2, 0) is 6.54 Å². The lowest BCUT2D eigenvalue weighted by Gasteiger charge is -2.12. The first kappa shape index (κ1) is 13.8. The summed E-state index contributed by atoms with van der Waals surface area (Å²) in [6.45, 7) is 5.07. The molecule has 0 spiro atoms. The topological polar surface area (TPSA) is 22.8 Å². The van der Waals surface area contributed by atoms with Crippen molar-refractivity contribution in [2.75, 3.05) is 0 Å². The van der Waals surface area contributed by atoms with Crippen molar-refractivity contribution in [2.24, 2.45) is 0 Å². The van der Waals surface area contributed by atoms with E-state index in [1.165, 1.54) is 33.4 Å². The zero-order valence-electron chi connectivity index (χ0n) is 13.4. The quantitative estimate of drug-likeness (QED) is 0.546. The number of fused-ring (bicyclic) bond motifs is 1. The minimum Gasteiger partial charge on any atom is -0.332 e. The minimum absolute atomic E-state index is 0.807. The lowest BCUT2D eigenvalue weighted by Crippen LogP contribution is -2.05. The van der Waals surface area contributed by atoms with Crippen LogP contribution in [0.4, 0.5) is 0 Å². The zero-order valence-corrected chi connectivity index (χ0v) is 13.4. The second kappa shape index (κ2) is 5.43. The van der Waals surface area contributed by atoms with Crippen LogP contribution < -0.4 is 0 Å². The molecule has 4 aromatic rings. The van der Waals surface area contributed by atoms with Crippen molar-refractivity contribution < 1.29 is 0 Å². The Bertz CT molecular complexity index is 945. The summed E-state index contributed by atoms with van der Waals surface area (Å²) in [5.74, 6) is 0. The highest BCUT2D eigenvalue weighted by Gasteiger charge is 2.11. The van der Waals surface area contributed by atoms with Gasteiger partial charge in [0.05, 0.1) is 18.4 Å². The first-order chi connectivity index (χ1) is 11.2. The van der Waals surface area contributed by atoms with Gasteiger partial charge in [-0.15, -0.1) is 0 Å². The van der Waals surface area contributed by atoms with Crippen molar-refractivity contribution in [1.29, 1.82) is 0 Å². The van der Waals surface area contributed by atoms with E-state index in [1.807, 2.05) is 18.7 Å². The number of hydrogen-bond donors (Lipinski definition) is 0. The summed E-state index contributed by atoms with van der Waals surface area (Å²) < 4.78 is 4.45. The molecule has 0 unspecified atom stereocenters. The second-order valence-electron chi connectivity index (χ2n) is 6.10. The van der Waals surface area contributed by atoms with Crippen molar-refractivity contribution in [3.63, 3.8) is 0 Å². The van der Waals surface area contributed by atoms with Crippen molar-refractivity contribution in [3.8, 4) is 5.69 Å². The average molecular weight is 301 g/mol. The molecule has 0 aliphatic rings. The standard InChI is InChI=1S/C20H19N3/c1-15-4-7-18(8-5-15)23-19(13-22-10-9-21-14-22)12-17-6-3-16(2)11-20(17)23/h3-12,14H,13H2,1-2H3. The molecule has 0 N–H and O–H groups in total. The van der Waals surface area contributed by atoms with Crippen molar-refractivity contribution in [3.05, 3.63) is 84.1 Å². The second-order valence-corrected chi connectivity index (χ2v) is 6.10. The van der Waals surface area contributed by atoms with E-state index in [0.29, 0.717) is 0 Å². The monoisotopic (exact) mass is 301 g/mol. The fourth-order valence-corrected chi connectivity index (χ4v) is 3.05. The summed E-state index contributed by atoms with van der Waals surface area (Å²) in [5, 5.41) is 1.27. The Morgan fingerprint density at radius 3 is 2.43 bits per heavy atom. The molecule has 114 valence electrons. The van der Waals surface area contributed by atoms with Crippen LogP contribution in [0.5, 0.6) is 0 Å². The van der Waals surface area contributed by atoms with Crippen LogP contribution in [0, 0.1) is 13.8 Å². The lowest BCUT2D eigenvalue weighted by molar-refractivity contribution is 0.758. The van der Waals surface area contributed by atoms with Gasteiger partial charge in [-0.25, -0.2) is 4.98 Å². The molecule has 0 bridgehead atoms. The van der Waals surface area contributed by atoms with E-state index in [1.54, 1.807) is 0 Å². The number of hydrogen-bond acceptors (Lipinski definition) is 1. The number of aromatic nitrogens is 3. The summed E-state index contributed by atoms with van der Waals surface area (Å²) >= 11 is 0. The van der Waals surface area contributed by atoms with E-state index in [0.717, 1.165) is 6.54 Å². The van der Waals surface area contributed by atoms with Gasteiger partial charge >= 0.3 is 0 Å². The van der Waals surface area contributed by atoms with Crippen molar-refractivity contribution >= 4 is 10.9 Å². The third-order valence-corrected chi connectivity index (χ3v) is 4.23. The predicted octanol–water partition coefficient (Wildman–Crippen LogP) is 4.49. The molecule has 23 heavy (non-hydrogen) atoms. The van der Waals surface area contributed by atoms with Gasteiger partial charge in [0.15, 0.2) is 0 Å². The smallest absolute Gasteiger partial charge is 0.0949 e. The molecule has 0 aliphatic carbocycles. The number of rotatable bonds is 3. The molecule has 2 aromatic heterocycles. The van der Waals surface area contributed by atoms with Gasteiger partial charge < -0.3 is 9.13 Å². The first-order valence-electron chi connectivity index (χ1n) is 7.84. The van der Waals surface area contributed by atoms with Gasteiger partial charge in [0, 0.05) is 29.2 Å². The Labute approximate surface area is 135 Å². The van der Waals surface area contributed by atoms with Gasteiger partial charge in [-0.1, -0.05) is 29.8 Å². The summed E-state index contributed by atoms with van der Waals surface area (Å²) in [5.41, 5.74) is 6.26. The maximum atomic E-state index is 4.15. The van der Waals surface area contributed by atoms with Gasteiger partial charge in [0.1, 0.15) is 0 Å². The summed E-state index contributed by atoms with van der Waals surface area (Å²) in [4.78, 5) is 4.15. The molecular weight excluding hydrogens is 282 g/mol. The molecule has 0 atom stereocenters. The number of imidazole rings is 1. The largest absolute Gasteiger partial charge is 0.332 e. The molecule has 0 fully saturated rings. The van der Waals surface area contributed by atoms with E-state index in [-0.39, 0.29) is 0 Å². The Morgan fingerprint density at radius 1 is 0.913 bits per heavy atom. The van der Waals surface area contributed by atoms with Crippen LogP contribution in [-0.4, -0.2) is 14.1 Å². The van der Waals surface area contributed by atoms with E-state index in [4.69, 9.17) is 0 Å². The Hall–Kier alpha value is -2.81. The minimum atomic E-state index is 0.807. The summed E-state index contributed by atoms with van der Waals surface area (Å²) in [6, 6.07) is 17.6. The highest BCUT2D eigenvalue weighted by Crippen LogP contribution is 2.26. The maximum absolute atomic E-state index is 4.15. The predicted molar refractivity (Wildman–Crippen MR) is 94.1 cm³/mol. The summed E-state index contributed by atoms with van der Waals surface area (Å²) in [7, 11) is 0. The van der Waals surface area contributed by atoms with Gasteiger partial charge in [-0.3, -0.25) is 0 Å². The third-order valence-electron chi connectivity index (χ3n) is 4.23. The van der Waals surface area contributed by atoms with Gasteiger partial charge in [-0.05, 0) is 43.7 Å². The summed E-state index contributed by atoms with van der Waals surface area (Å²) in [6.07, 6.45) is 5.69.